The molecule has 1 N–H and O–H groups in total. The molecule has 0 heterocycles. The Bertz CT molecular complexity index is 891. The van der Waals surface area contributed by atoms with E-state index in [1.165, 1.54) is 10.8 Å². The molecule has 0 bridgehead atoms. The van der Waals surface area contributed by atoms with Gasteiger partial charge in [0.05, 0.1) is 0 Å². The van der Waals surface area contributed by atoms with Gasteiger partial charge >= 0.3 is 0 Å². The van der Waals surface area contributed by atoms with E-state index < -0.39 is 0 Å². The molecule has 3 aromatic carbocycles. The summed E-state index contributed by atoms with van der Waals surface area (Å²) in [5.74, 6) is 0. The largest absolute Gasteiger partial charge is 0.362 e. The maximum absolute atomic E-state index is 4.01. The van der Waals surface area contributed by atoms with Crippen molar-refractivity contribution in [3.63, 3.8) is 0 Å². The Hall–Kier alpha value is -2.80. The van der Waals surface area contributed by atoms with E-state index in [9.17, 15) is 0 Å². The van der Waals surface area contributed by atoms with Crippen molar-refractivity contribution >= 4 is 29.1 Å². The van der Waals surface area contributed by atoms with Crippen LogP contribution in [-0.4, -0.2) is 0 Å². The van der Waals surface area contributed by atoms with Gasteiger partial charge in [0.1, 0.15) is 0 Å². The highest BCUT2D eigenvalue weighted by Crippen LogP contribution is 2.18. The fourth-order valence-electron chi connectivity index (χ4n) is 2.27. The third kappa shape index (κ3) is 3.21. The molecule has 0 aliphatic carbocycles. The summed E-state index contributed by atoms with van der Waals surface area (Å²) in [6.45, 7) is 4.01. The number of nitrogens with one attached hydrogen (secondary N) is 1. The van der Waals surface area contributed by atoms with Gasteiger partial charge in [-0.05, 0) is 39.4 Å². The minimum Gasteiger partial charge on any atom is -0.362 e. The second kappa shape index (κ2) is 6.10. The number of hydrogen-bond acceptors (Lipinski definition) is 1. The van der Waals surface area contributed by atoms with Gasteiger partial charge in [-0.1, -0.05) is 67.3 Å². The van der Waals surface area contributed by atoms with Crippen molar-refractivity contribution in [1.82, 2.24) is 0 Å². The molecule has 3 rings (SSSR count). The second-order valence-corrected chi connectivity index (χ2v) is 4.93. The first-order valence-electron chi connectivity index (χ1n) is 6.99. The number of fused-ring (bicyclic) bond motifs is 1. The third-order valence-electron chi connectivity index (χ3n) is 3.43. The zero-order valence-electron chi connectivity index (χ0n) is 11.8. The van der Waals surface area contributed by atoms with Crippen LogP contribution in [0.25, 0.3) is 23.4 Å². The summed E-state index contributed by atoms with van der Waals surface area (Å²) in [5, 5.41) is 7.96. The van der Waals surface area contributed by atoms with E-state index in [1.54, 1.807) is 0 Å². The van der Waals surface area contributed by atoms with Crippen LogP contribution < -0.4 is 15.8 Å². The molecule has 0 unspecified atom stereocenters. The van der Waals surface area contributed by atoms with Gasteiger partial charge in [0.2, 0.25) is 0 Å². The Morgan fingerprint density at radius 1 is 0.810 bits per heavy atom. The molecule has 0 aromatic heterocycles. The van der Waals surface area contributed by atoms with Crippen molar-refractivity contribution in [2.75, 3.05) is 5.32 Å². The molecule has 1 nitrogen and oxygen atoms in total. The predicted octanol–water partition coefficient (Wildman–Crippen LogP) is 3.66. The van der Waals surface area contributed by atoms with Gasteiger partial charge in [-0.15, -0.1) is 0 Å². The van der Waals surface area contributed by atoms with E-state index in [4.69, 9.17) is 0 Å². The standard InChI is InChI=1S/C20H17N/c1-16-7-2-3-8-17(16)11-6-14-21-20-13-12-18-9-4-5-10-19(18)15-20/h2-15,21H,1H2/b14-6+,17-11-. The summed E-state index contributed by atoms with van der Waals surface area (Å²) in [6, 6.07) is 22.8. The van der Waals surface area contributed by atoms with Crippen molar-refractivity contribution in [3.05, 3.63) is 89.4 Å². The monoisotopic (exact) mass is 271 g/mol. The van der Waals surface area contributed by atoms with Crippen LogP contribution in [-0.2, 0) is 0 Å². The Kier molecular flexibility index (Phi) is 3.83. The van der Waals surface area contributed by atoms with Crippen LogP contribution in [0.4, 0.5) is 5.69 Å². The Labute approximate surface area is 124 Å². The maximum atomic E-state index is 4.01. The van der Waals surface area contributed by atoms with Gasteiger partial charge in [0.15, 0.2) is 0 Å². The highest BCUT2D eigenvalue weighted by atomic mass is 14.8. The van der Waals surface area contributed by atoms with Crippen LogP contribution in [0.3, 0.4) is 0 Å². The average molecular weight is 271 g/mol. The molecule has 0 aliphatic heterocycles. The van der Waals surface area contributed by atoms with Crippen molar-refractivity contribution < 1.29 is 0 Å². The first-order valence-corrected chi connectivity index (χ1v) is 6.99. The predicted molar refractivity (Wildman–Crippen MR) is 92.4 cm³/mol. The summed E-state index contributed by atoms with van der Waals surface area (Å²) >= 11 is 0. The first kappa shape index (κ1) is 13.2. The Morgan fingerprint density at radius 3 is 2.43 bits per heavy atom. The van der Waals surface area contributed by atoms with Crippen LogP contribution >= 0.6 is 0 Å². The number of anilines is 1. The Balaban J connectivity index is 1.77. The summed E-state index contributed by atoms with van der Waals surface area (Å²) in [4.78, 5) is 0. The fraction of sp³-hybridized carbons (Fsp3) is 0. The minimum atomic E-state index is 1.04. The summed E-state index contributed by atoms with van der Waals surface area (Å²) < 4.78 is 0. The first-order chi connectivity index (χ1) is 10.3. The van der Waals surface area contributed by atoms with Crippen LogP contribution in [0, 0.1) is 0 Å². The summed E-state index contributed by atoms with van der Waals surface area (Å²) in [7, 11) is 0. The summed E-state index contributed by atoms with van der Waals surface area (Å²) in [5.41, 5.74) is 1.08. The molecular formula is C20H17N. The van der Waals surface area contributed by atoms with Gasteiger partial charge in [-0.2, -0.15) is 0 Å². The van der Waals surface area contributed by atoms with Gasteiger partial charge in [0.25, 0.3) is 0 Å². The fourth-order valence-corrected chi connectivity index (χ4v) is 2.27. The topological polar surface area (TPSA) is 12.0 Å². The minimum absolute atomic E-state index is 1.04. The SMILES string of the molecule is C=c1cccc/c1=C/C=C/Nc1ccc2ccccc2c1. The lowest BCUT2D eigenvalue weighted by molar-refractivity contribution is 1.53. The van der Waals surface area contributed by atoms with E-state index >= 15 is 0 Å². The average Bonchev–Trinajstić information content (AvgIpc) is 2.53. The highest BCUT2D eigenvalue weighted by molar-refractivity contribution is 5.85. The lowest BCUT2D eigenvalue weighted by Crippen LogP contribution is -2.21. The van der Waals surface area contributed by atoms with E-state index in [2.05, 4.69) is 66.5 Å². The van der Waals surface area contributed by atoms with Crippen LogP contribution in [0.2, 0.25) is 0 Å². The molecule has 0 amide bonds. The Morgan fingerprint density at radius 2 is 1.57 bits per heavy atom. The molecule has 0 fully saturated rings. The molecule has 0 atom stereocenters. The van der Waals surface area contributed by atoms with Crippen LogP contribution in [0.5, 0.6) is 0 Å². The zero-order valence-corrected chi connectivity index (χ0v) is 11.8. The normalized spacial score (nSPS) is 12.1. The number of hydrogen-bond donors (Lipinski definition) is 1. The molecule has 0 saturated carbocycles. The van der Waals surface area contributed by atoms with Gasteiger partial charge in [0, 0.05) is 11.9 Å². The van der Waals surface area contributed by atoms with E-state index in [-0.39, 0.29) is 0 Å². The lowest BCUT2D eigenvalue weighted by atomic mass is 10.1. The number of allylic oxidation sites excluding steroid dienone is 1. The molecular weight excluding hydrogens is 254 g/mol. The van der Waals surface area contributed by atoms with Crippen LogP contribution in [0.1, 0.15) is 0 Å². The van der Waals surface area contributed by atoms with E-state index in [1.807, 2.05) is 30.5 Å². The zero-order chi connectivity index (χ0) is 14.5. The lowest BCUT2D eigenvalue weighted by Gasteiger charge is -2.02. The van der Waals surface area contributed by atoms with Crippen molar-refractivity contribution in [2.24, 2.45) is 0 Å². The molecule has 1 heteroatoms. The summed E-state index contributed by atoms with van der Waals surface area (Å²) in [6.07, 6.45) is 5.99. The van der Waals surface area contributed by atoms with Gasteiger partial charge in [-0.25, -0.2) is 0 Å². The molecule has 0 spiro atoms. The maximum Gasteiger partial charge on any atom is 0.0386 e. The number of benzene rings is 3. The van der Waals surface area contributed by atoms with E-state index in [0.717, 1.165) is 16.1 Å². The van der Waals surface area contributed by atoms with E-state index in [0.29, 0.717) is 0 Å². The quantitative estimate of drug-likeness (QED) is 0.766. The van der Waals surface area contributed by atoms with Crippen LogP contribution in [0.15, 0.2) is 79.0 Å². The molecule has 0 saturated heterocycles. The molecule has 0 aliphatic rings. The third-order valence-corrected chi connectivity index (χ3v) is 3.43. The van der Waals surface area contributed by atoms with Gasteiger partial charge in [-0.3, -0.25) is 0 Å². The highest BCUT2D eigenvalue weighted by Gasteiger charge is 1.93. The van der Waals surface area contributed by atoms with Crippen molar-refractivity contribution in [2.45, 2.75) is 0 Å². The molecule has 102 valence electrons. The molecule has 21 heavy (non-hydrogen) atoms. The number of rotatable bonds is 3. The van der Waals surface area contributed by atoms with Gasteiger partial charge < -0.3 is 5.32 Å². The second-order valence-electron chi connectivity index (χ2n) is 4.93. The van der Waals surface area contributed by atoms with Crippen molar-refractivity contribution in [1.29, 1.82) is 0 Å². The molecule has 0 radical (unpaired) electrons. The smallest absolute Gasteiger partial charge is 0.0386 e. The van der Waals surface area contributed by atoms with Crippen molar-refractivity contribution in [3.8, 4) is 0 Å². The molecule has 3 aromatic rings.